The first kappa shape index (κ1) is 10.9. The van der Waals surface area contributed by atoms with Crippen LogP contribution in [0.4, 0.5) is 0 Å². The fourth-order valence-corrected chi connectivity index (χ4v) is 4.27. The van der Waals surface area contributed by atoms with Crippen LogP contribution in [0.25, 0.3) is 0 Å². The van der Waals surface area contributed by atoms with Gasteiger partial charge in [0.05, 0.1) is 5.11 Å². The van der Waals surface area contributed by atoms with Crippen molar-refractivity contribution in [2.45, 2.75) is 0 Å². The average Bonchev–Trinajstić information content (AvgIpc) is 1.59. The summed E-state index contributed by atoms with van der Waals surface area (Å²) < 4.78 is 0. The zero-order chi connectivity index (χ0) is 8.31. The largest absolute Gasteiger partial charge is 0.266 e. The Morgan fingerprint density at radius 1 is 1.10 bits per heavy atom. The molecular formula is C6H15IN2S. The van der Waals surface area contributed by atoms with E-state index in [0.29, 0.717) is 7.66 Å². The molecule has 0 spiro atoms. The van der Waals surface area contributed by atoms with E-state index >= 15 is 0 Å². The van der Waals surface area contributed by atoms with E-state index in [1.54, 1.807) is 0 Å². The lowest BCUT2D eigenvalue weighted by molar-refractivity contribution is 0.501. The van der Waals surface area contributed by atoms with E-state index < -0.39 is 0 Å². The van der Waals surface area contributed by atoms with Crippen LogP contribution in [0.5, 0.6) is 0 Å². The highest BCUT2D eigenvalue weighted by molar-refractivity contribution is 14.2. The van der Waals surface area contributed by atoms with Crippen LogP contribution in [0, 0.1) is 0 Å². The van der Waals surface area contributed by atoms with Crippen molar-refractivity contribution in [1.82, 2.24) is 9.80 Å². The van der Waals surface area contributed by atoms with Gasteiger partial charge in [-0.1, -0.05) is 7.66 Å². The molecule has 0 radical (unpaired) electrons. The van der Waals surface area contributed by atoms with Gasteiger partial charge in [0, 0.05) is 0 Å². The molecule has 0 aliphatic heterocycles. The van der Waals surface area contributed by atoms with Crippen molar-refractivity contribution in [3.05, 3.63) is 0 Å². The van der Waals surface area contributed by atoms with Crippen LogP contribution in [-0.4, -0.2) is 49.4 Å². The smallest absolute Gasteiger partial charge is 0.0966 e. The molecule has 0 aromatic heterocycles. The van der Waals surface area contributed by atoms with Crippen molar-refractivity contribution < 1.29 is 0 Å². The SMILES string of the molecule is CN(C)C(N(C)C)=S(C)I. The van der Waals surface area contributed by atoms with Gasteiger partial charge < -0.3 is 0 Å². The summed E-state index contributed by atoms with van der Waals surface area (Å²) in [6, 6.07) is 0. The number of hydrogen-bond acceptors (Lipinski definition) is 0. The Morgan fingerprint density at radius 2 is 1.40 bits per heavy atom. The second-order valence-electron chi connectivity index (χ2n) is 2.51. The van der Waals surface area contributed by atoms with Crippen molar-refractivity contribution in [1.29, 1.82) is 0 Å². The van der Waals surface area contributed by atoms with Gasteiger partial charge in [-0.15, -0.1) is 0 Å². The summed E-state index contributed by atoms with van der Waals surface area (Å²) in [5, 5.41) is 1.38. The second-order valence-corrected chi connectivity index (χ2v) is 7.71. The summed E-state index contributed by atoms with van der Waals surface area (Å²) in [6.45, 7) is 0. The fourth-order valence-electron chi connectivity index (χ4n) is 0.903. The summed E-state index contributed by atoms with van der Waals surface area (Å²) in [6.07, 6.45) is 2.22. The molecule has 1 atom stereocenters. The lowest BCUT2D eigenvalue weighted by Crippen LogP contribution is -2.34. The van der Waals surface area contributed by atoms with E-state index in [1.807, 2.05) is 0 Å². The monoisotopic (exact) mass is 274 g/mol. The Labute approximate surface area is 78.1 Å². The highest BCUT2D eigenvalue weighted by atomic mass is 127. The van der Waals surface area contributed by atoms with Gasteiger partial charge in [-0.25, -0.2) is 0 Å². The minimum Gasteiger partial charge on any atom is -0.266 e. The minimum atomic E-state index is 0.325. The molecular weight excluding hydrogens is 259 g/mol. The van der Waals surface area contributed by atoms with Gasteiger partial charge in [0.15, 0.2) is 0 Å². The summed E-state index contributed by atoms with van der Waals surface area (Å²) in [5.41, 5.74) is 0. The maximum absolute atomic E-state index is 2.44. The Bertz CT molecular complexity index is 129. The van der Waals surface area contributed by atoms with Crippen molar-refractivity contribution in [2.75, 3.05) is 34.4 Å². The van der Waals surface area contributed by atoms with E-state index in [-0.39, 0.29) is 0 Å². The Hall–Kier alpha value is 0.870. The van der Waals surface area contributed by atoms with Gasteiger partial charge in [-0.2, -0.15) is 0 Å². The first-order valence-corrected chi connectivity index (χ1v) is 7.18. The van der Waals surface area contributed by atoms with E-state index in [2.05, 4.69) is 65.5 Å². The Kier molecular flexibility index (Phi) is 5.10. The summed E-state index contributed by atoms with van der Waals surface area (Å²) in [7, 11) is 8.65. The number of rotatable bonds is 0. The molecule has 0 fully saturated rings. The molecule has 0 rings (SSSR count). The quantitative estimate of drug-likeness (QED) is 0.487. The van der Waals surface area contributed by atoms with Crippen molar-refractivity contribution in [2.24, 2.45) is 0 Å². The average molecular weight is 274 g/mol. The molecule has 0 aliphatic carbocycles. The topological polar surface area (TPSA) is 6.48 Å². The zero-order valence-electron chi connectivity index (χ0n) is 7.18. The van der Waals surface area contributed by atoms with Crippen LogP contribution in [0.2, 0.25) is 0 Å². The highest BCUT2D eigenvalue weighted by Crippen LogP contribution is 2.21. The molecule has 62 valence electrons. The van der Waals surface area contributed by atoms with Gasteiger partial charge in [0.2, 0.25) is 0 Å². The van der Waals surface area contributed by atoms with E-state index in [4.69, 9.17) is 0 Å². The highest BCUT2D eigenvalue weighted by Gasteiger charge is 2.04. The predicted molar refractivity (Wildman–Crippen MR) is 59.9 cm³/mol. The van der Waals surface area contributed by atoms with Gasteiger partial charge in [0.25, 0.3) is 0 Å². The van der Waals surface area contributed by atoms with Crippen molar-refractivity contribution in [3.8, 4) is 0 Å². The van der Waals surface area contributed by atoms with Crippen LogP contribution in [0.15, 0.2) is 0 Å². The van der Waals surface area contributed by atoms with Gasteiger partial charge in [-0.05, 0) is 55.7 Å². The molecule has 4 heteroatoms. The van der Waals surface area contributed by atoms with Crippen LogP contribution in [-0.2, 0) is 0 Å². The lowest BCUT2D eigenvalue weighted by atomic mass is 10.8. The molecule has 0 aliphatic rings. The fraction of sp³-hybridized carbons (Fsp3) is 0.833. The molecule has 0 saturated heterocycles. The number of hydrogen-bond donors (Lipinski definition) is 0. The van der Waals surface area contributed by atoms with Crippen molar-refractivity contribution in [3.63, 3.8) is 0 Å². The van der Waals surface area contributed by atoms with E-state index in [9.17, 15) is 0 Å². The third-order valence-corrected chi connectivity index (χ3v) is 3.43. The molecule has 0 N–H and O–H groups in total. The molecule has 0 aromatic rings. The zero-order valence-corrected chi connectivity index (χ0v) is 10.2. The van der Waals surface area contributed by atoms with Crippen LogP contribution >= 0.6 is 28.9 Å². The Morgan fingerprint density at radius 3 is 1.40 bits per heavy atom. The molecule has 0 bridgehead atoms. The molecule has 0 amide bonds. The molecule has 10 heavy (non-hydrogen) atoms. The van der Waals surface area contributed by atoms with Gasteiger partial charge in [0.1, 0.15) is 0 Å². The third kappa shape index (κ3) is 3.32. The van der Waals surface area contributed by atoms with Gasteiger partial charge >= 0.3 is 0 Å². The lowest BCUT2D eigenvalue weighted by Gasteiger charge is -2.22. The maximum Gasteiger partial charge on any atom is 0.0966 e. The predicted octanol–water partition coefficient (Wildman–Crippen LogP) is 1.45. The second kappa shape index (κ2) is 4.69. The van der Waals surface area contributed by atoms with E-state index in [0.717, 1.165) is 0 Å². The molecule has 1 unspecified atom stereocenters. The first-order valence-electron chi connectivity index (χ1n) is 3.00. The summed E-state index contributed by atoms with van der Waals surface area (Å²) in [4.78, 5) is 4.32. The molecule has 0 aromatic carbocycles. The van der Waals surface area contributed by atoms with Crippen LogP contribution in [0.3, 0.4) is 0 Å². The molecule has 2 nitrogen and oxygen atoms in total. The van der Waals surface area contributed by atoms with E-state index in [1.165, 1.54) is 5.11 Å². The summed E-state index contributed by atoms with van der Waals surface area (Å²) >= 11 is 2.44. The van der Waals surface area contributed by atoms with Crippen molar-refractivity contribution >= 4 is 34.0 Å². The standard InChI is InChI=1S/C6H15IN2S/c1-8(2)6(9(3)4)10(5)7/h1-5H3. The minimum absolute atomic E-state index is 0.325. The molecule has 0 saturated carbocycles. The summed E-state index contributed by atoms with van der Waals surface area (Å²) in [5.74, 6) is 0. The molecule has 0 heterocycles. The maximum atomic E-state index is 2.44. The number of halogens is 1. The number of nitrogens with zero attached hydrogens (tertiary/aromatic N) is 2. The normalized spacial score (nSPS) is 14.4. The van der Waals surface area contributed by atoms with Crippen LogP contribution in [0.1, 0.15) is 0 Å². The Balaban J connectivity index is 4.44. The van der Waals surface area contributed by atoms with Gasteiger partial charge in [-0.3, -0.25) is 9.80 Å². The van der Waals surface area contributed by atoms with Crippen LogP contribution < -0.4 is 0 Å². The first-order chi connectivity index (χ1) is 4.46. The third-order valence-electron chi connectivity index (χ3n) is 1.02.